The summed E-state index contributed by atoms with van der Waals surface area (Å²) in [5, 5.41) is 10.7. The average Bonchev–Trinajstić information content (AvgIpc) is 3.26. The molecular weight excluding hydrogens is 445 g/mol. The Hall–Kier alpha value is -0.540. The molecule has 1 aliphatic carbocycles. The van der Waals surface area contributed by atoms with Gasteiger partial charge in [0.1, 0.15) is 0 Å². The Kier molecular flexibility index (Phi) is 8.28. The number of rotatable bonds is 6. The zero-order valence-electron chi connectivity index (χ0n) is 15.6. The zero-order valence-corrected chi connectivity index (χ0v) is 18.7. The third kappa shape index (κ3) is 5.99. The number of anilines is 1. The van der Waals surface area contributed by atoms with E-state index in [1.807, 2.05) is 18.4 Å². The second-order valence-corrected chi connectivity index (χ2v) is 8.10. The predicted molar refractivity (Wildman–Crippen MR) is 120 cm³/mol. The molecular formula is C18H32IN5S. The third-order valence-electron chi connectivity index (χ3n) is 5.19. The van der Waals surface area contributed by atoms with Gasteiger partial charge in [0.15, 0.2) is 5.96 Å². The first-order valence-corrected chi connectivity index (χ1v) is 9.97. The average molecular weight is 477 g/mol. The summed E-state index contributed by atoms with van der Waals surface area (Å²) < 4.78 is 0. The maximum atomic E-state index is 4.43. The molecule has 1 saturated heterocycles. The van der Waals surface area contributed by atoms with Crippen molar-refractivity contribution in [2.75, 3.05) is 45.7 Å². The lowest BCUT2D eigenvalue weighted by atomic mass is 10.1. The van der Waals surface area contributed by atoms with E-state index in [4.69, 9.17) is 0 Å². The van der Waals surface area contributed by atoms with Gasteiger partial charge in [-0.2, -0.15) is 0 Å². The van der Waals surface area contributed by atoms with Crippen LogP contribution in [0.3, 0.4) is 0 Å². The molecule has 2 fully saturated rings. The van der Waals surface area contributed by atoms with Crippen LogP contribution in [0.4, 0.5) is 5.00 Å². The Balaban J connectivity index is 0.00000225. The maximum Gasteiger partial charge on any atom is 0.191 e. The molecule has 1 aromatic heterocycles. The van der Waals surface area contributed by atoms with E-state index in [1.54, 1.807) is 0 Å². The number of nitrogens with zero attached hydrogens (tertiary/aromatic N) is 3. The highest BCUT2D eigenvalue weighted by molar-refractivity contribution is 14.0. The van der Waals surface area contributed by atoms with E-state index in [0.717, 1.165) is 31.5 Å². The van der Waals surface area contributed by atoms with Crippen molar-refractivity contribution in [1.82, 2.24) is 15.5 Å². The molecule has 0 amide bonds. The van der Waals surface area contributed by atoms with Crippen LogP contribution in [0.2, 0.25) is 0 Å². The molecule has 2 aliphatic rings. The minimum Gasteiger partial charge on any atom is -0.363 e. The molecule has 3 rings (SSSR count). The summed E-state index contributed by atoms with van der Waals surface area (Å²) in [7, 11) is 6.24. The minimum atomic E-state index is 0. The van der Waals surface area contributed by atoms with E-state index in [1.165, 1.54) is 30.7 Å². The van der Waals surface area contributed by atoms with Crippen molar-refractivity contribution in [2.24, 2.45) is 10.9 Å². The number of piperidine rings is 1. The Morgan fingerprint density at radius 1 is 1.32 bits per heavy atom. The lowest BCUT2D eigenvalue weighted by Gasteiger charge is -2.34. The van der Waals surface area contributed by atoms with Crippen LogP contribution in [0.1, 0.15) is 25.7 Å². The fraction of sp³-hybridized carbons (Fsp3) is 0.722. The highest BCUT2D eigenvalue weighted by Crippen LogP contribution is 2.34. The van der Waals surface area contributed by atoms with Crippen LogP contribution in [0.25, 0.3) is 0 Å². The molecule has 142 valence electrons. The van der Waals surface area contributed by atoms with Gasteiger partial charge in [-0.05, 0) is 63.2 Å². The van der Waals surface area contributed by atoms with E-state index in [-0.39, 0.29) is 24.0 Å². The summed E-state index contributed by atoms with van der Waals surface area (Å²) >= 11 is 1.84. The van der Waals surface area contributed by atoms with Crippen LogP contribution >= 0.6 is 35.3 Å². The van der Waals surface area contributed by atoms with Crippen LogP contribution in [0.15, 0.2) is 22.5 Å². The molecule has 1 aromatic rings. The second kappa shape index (κ2) is 9.97. The van der Waals surface area contributed by atoms with Crippen LogP contribution < -0.4 is 15.5 Å². The van der Waals surface area contributed by atoms with Crippen molar-refractivity contribution in [3.8, 4) is 0 Å². The zero-order chi connectivity index (χ0) is 16.9. The number of likely N-dealkylation sites (N-methyl/N-ethyl adjacent to an activating group) is 1. The highest BCUT2D eigenvalue weighted by Gasteiger charge is 2.32. The van der Waals surface area contributed by atoms with Crippen LogP contribution in [0, 0.1) is 5.92 Å². The topological polar surface area (TPSA) is 42.9 Å². The molecule has 0 bridgehead atoms. The van der Waals surface area contributed by atoms with Gasteiger partial charge < -0.3 is 20.4 Å². The van der Waals surface area contributed by atoms with E-state index in [0.29, 0.717) is 12.1 Å². The number of thiophene rings is 1. The first kappa shape index (κ1) is 20.8. The van der Waals surface area contributed by atoms with Gasteiger partial charge in [0.25, 0.3) is 0 Å². The molecule has 0 aromatic carbocycles. The molecule has 2 heterocycles. The van der Waals surface area contributed by atoms with Gasteiger partial charge in [0.05, 0.1) is 5.00 Å². The highest BCUT2D eigenvalue weighted by atomic mass is 127. The summed E-state index contributed by atoms with van der Waals surface area (Å²) in [5.41, 5.74) is 0. The molecule has 25 heavy (non-hydrogen) atoms. The van der Waals surface area contributed by atoms with Crippen molar-refractivity contribution in [2.45, 2.75) is 37.8 Å². The summed E-state index contributed by atoms with van der Waals surface area (Å²) in [6.45, 7) is 3.22. The van der Waals surface area contributed by atoms with Crippen molar-refractivity contribution in [3.05, 3.63) is 17.5 Å². The van der Waals surface area contributed by atoms with Gasteiger partial charge in [0, 0.05) is 38.8 Å². The number of guanidine groups is 1. The lowest BCUT2D eigenvalue weighted by Crippen LogP contribution is -2.51. The Labute approximate surface area is 173 Å². The van der Waals surface area contributed by atoms with E-state index in [2.05, 4.69) is 57.0 Å². The lowest BCUT2D eigenvalue weighted by molar-refractivity contribution is 0.263. The van der Waals surface area contributed by atoms with Gasteiger partial charge in [-0.1, -0.05) is 0 Å². The van der Waals surface area contributed by atoms with Gasteiger partial charge in [-0.15, -0.1) is 35.3 Å². The molecule has 1 unspecified atom stereocenters. The van der Waals surface area contributed by atoms with Crippen LogP contribution in [0.5, 0.6) is 0 Å². The Morgan fingerprint density at radius 3 is 2.56 bits per heavy atom. The Bertz CT molecular complexity index is 520. The largest absolute Gasteiger partial charge is 0.363 e. The van der Waals surface area contributed by atoms with Gasteiger partial charge in [-0.25, -0.2) is 0 Å². The fourth-order valence-electron chi connectivity index (χ4n) is 3.54. The molecule has 1 atom stereocenters. The van der Waals surface area contributed by atoms with Crippen molar-refractivity contribution in [3.63, 3.8) is 0 Å². The minimum absolute atomic E-state index is 0. The van der Waals surface area contributed by atoms with Gasteiger partial charge in [0.2, 0.25) is 0 Å². The van der Waals surface area contributed by atoms with E-state index >= 15 is 0 Å². The molecule has 2 N–H and O–H groups in total. The molecule has 5 nitrogen and oxygen atoms in total. The maximum absolute atomic E-state index is 4.43. The number of halogens is 1. The summed E-state index contributed by atoms with van der Waals surface area (Å²) in [5.74, 6) is 1.82. The van der Waals surface area contributed by atoms with E-state index < -0.39 is 0 Å². The van der Waals surface area contributed by atoms with Crippen molar-refractivity contribution < 1.29 is 0 Å². The molecule has 1 saturated carbocycles. The number of hydrogen-bond donors (Lipinski definition) is 2. The first-order chi connectivity index (χ1) is 11.7. The SMILES string of the molecule is CN=C(NCC(C1CC1)N(C)C)NC1CCN(c2cccs2)CC1.I. The quantitative estimate of drug-likeness (QED) is 0.376. The molecule has 0 radical (unpaired) electrons. The van der Waals surface area contributed by atoms with Gasteiger partial charge in [-0.3, -0.25) is 4.99 Å². The Morgan fingerprint density at radius 2 is 2.04 bits per heavy atom. The van der Waals surface area contributed by atoms with Crippen molar-refractivity contribution >= 4 is 46.3 Å². The van der Waals surface area contributed by atoms with Crippen molar-refractivity contribution in [1.29, 1.82) is 0 Å². The van der Waals surface area contributed by atoms with E-state index in [9.17, 15) is 0 Å². The summed E-state index contributed by atoms with van der Waals surface area (Å²) in [4.78, 5) is 9.27. The fourth-order valence-corrected chi connectivity index (χ4v) is 4.32. The van der Waals surface area contributed by atoms with Crippen LogP contribution in [-0.2, 0) is 0 Å². The summed E-state index contributed by atoms with van der Waals surface area (Å²) in [6.07, 6.45) is 5.08. The first-order valence-electron chi connectivity index (χ1n) is 9.09. The number of aliphatic imine (C=N–C) groups is 1. The molecule has 1 aliphatic heterocycles. The third-order valence-corrected chi connectivity index (χ3v) is 6.11. The van der Waals surface area contributed by atoms with Gasteiger partial charge >= 0.3 is 0 Å². The molecule has 7 heteroatoms. The monoisotopic (exact) mass is 477 g/mol. The predicted octanol–water partition coefficient (Wildman–Crippen LogP) is 2.84. The standard InChI is InChI=1S/C18H31N5S.HI/c1-19-18(20-13-16(22(2)3)14-6-7-14)21-15-8-10-23(11-9-15)17-5-4-12-24-17;/h4-5,12,14-16H,6-11,13H2,1-3H3,(H2,19,20,21);1H. The normalized spacial score (nSPS) is 20.3. The number of hydrogen-bond acceptors (Lipinski definition) is 4. The summed E-state index contributed by atoms with van der Waals surface area (Å²) in [6, 6.07) is 5.49. The van der Waals surface area contributed by atoms with Crippen LogP contribution in [-0.4, -0.2) is 63.7 Å². The molecule has 0 spiro atoms. The smallest absolute Gasteiger partial charge is 0.191 e. The number of nitrogens with one attached hydrogen (secondary N) is 2. The second-order valence-electron chi connectivity index (χ2n) is 7.18.